The van der Waals surface area contributed by atoms with Gasteiger partial charge in [0.15, 0.2) is 5.82 Å². The van der Waals surface area contributed by atoms with Gasteiger partial charge in [-0.2, -0.15) is 9.50 Å². The molecule has 7 heteroatoms. The van der Waals surface area contributed by atoms with Gasteiger partial charge in [0.1, 0.15) is 11.6 Å². The predicted octanol–water partition coefficient (Wildman–Crippen LogP) is 4.01. The third kappa shape index (κ3) is 3.57. The molecule has 4 aromatic rings. The first-order valence-electron chi connectivity index (χ1n) is 11.8. The molecular formula is C26H28N6O. The Hall–Kier alpha value is -3.61. The molecular weight excluding hydrogens is 412 g/mol. The summed E-state index contributed by atoms with van der Waals surface area (Å²) < 4.78 is 7.59. The van der Waals surface area contributed by atoms with Gasteiger partial charge in [-0.25, -0.2) is 4.98 Å². The second-order valence-electron chi connectivity index (χ2n) is 8.73. The SMILES string of the molecule is COc1ccccc1N1CCN(c2c3c(nc4nc(-c5ccccc5)nn24)CCCC3)CC1. The zero-order chi connectivity index (χ0) is 22.2. The number of para-hydroxylation sites is 2. The number of anilines is 2. The highest BCUT2D eigenvalue weighted by molar-refractivity contribution is 5.63. The summed E-state index contributed by atoms with van der Waals surface area (Å²) in [6.45, 7) is 3.70. The minimum absolute atomic E-state index is 0.705. The predicted molar refractivity (Wildman–Crippen MR) is 130 cm³/mol. The molecule has 0 amide bonds. The van der Waals surface area contributed by atoms with Crippen LogP contribution in [0.3, 0.4) is 0 Å². The van der Waals surface area contributed by atoms with Crippen LogP contribution in [0.4, 0.5) is 11.5 Å². The fraction of sp³-hybridized carbons (Fsp3) is 0.346. The van der Waals surface area contributed by atoms with Crippen LogP contribution in [0, 0.1) is 0 Å². The average molecular weight is 441 g/mol. The lowest BCUT2D eigenvalue weighted by Gasteiger charge is -2.38. The van der Waals surface area contributed by atoms with Gasteiger partial charge in [0.05, 0.1) is 18.5 Å². The van der Waals surface area contributed by atoms with E-state index in [0.717, 1.165) is 61.8 Å². The molecule has 1 saturated heterocycles. The standard InChI is InChI=1S/C26H28N6O/c1-33-23-14-8-7-13-22(23)30-15-17-31(18-16-30)25-20-11-5-6-12-21(20)27-26-28-24(29-32(25)26)19-9-3-2-4-10-19/h2-4,7-10,13-14H,5-6,11-12,15-18H2,1H3. The van der Waals surface area contributed by atoms with Crippen LogP contribution in [-0.4, -0.2) is 52.9 Å². The maximum atomic E-state index is 5.60. The van der Waals surface area contributed by atoms with Gasteiger partial charge in [-0.3, -0.25) is 0 Å². The number of rotatable bonds is 4. The summed E-state index contributed by atoms with van der Waals surface area (Å²) in [5.41, 5.74) is 4.73. The van der Waals surface area contributed by atoms with Crippen molar-refractivity contribution in [3.63, 3.8) is 0 Å². The first-order chi connectivity index (χ1) is 16.3. The summed E-state index contributed by atoms with van der Waals surface area (Å²) in [6.07, 6.45) is 4.47. The Morgan fingerprint density at radius 1 is 0.788 bits per heavy atom. The number of benzene rings is 2. The normalized spacial score (nSPS) is 16.2. The van der Waals surface area contributed by atoms with Crippen molar-refractivity contribution in [3.05, 3.63) is 65.9 Å². The number of hydrogen-bond acceptors (Lipinski definition) is 6. The zero-order valence-electron chi connectivity index (χ0n) is 18.9. The molecule has 7 nitrogen and oxygen atoms in total. The summed E-state index contributed by atoms with van der Waals surface area (Å²) in [5.74, 6) is 3.55. The second-order valence-corrected chi connectivity index (χ2v) is 8.73. The summed E-state index contributed by atoms with van der Waals surface area (Å²) in [4.78, 5) is 14.7. The number of methoxy groups -OCH3 is 1. The molecule has 0 bridgehead atoms. The van der Waals surface area contributed by atoms with Crippen LogP contribution in [0.5, 0.6) is 5.75 Å². The van der Waals surface area contributed by atoms with Crippen LogP contribution in [0.2, 0.25) is 0 Å². The number of aromatic nitrogens is 4. The number of piperazine rings is 1. The molecule has 1 fully saturated rings. The molecule has 1 aliphatic carbocycles. The van der Waals surface area contributed by atoms with E-state index in [0.29, 0.717) is 5.78 Å². The molecule has 0 N–H and O–H groups in total. The van der Waals surface area contributed by atoms with E-state index >= 15 is 0 Å². The summed E-state index contributed by atoms with van der Waals surface area (Å²) >= 11 is 0. The first-order valence-corrected chi connectivity index (χ1v) is 11.8. The lowest BCUT2D eigenvalue weighted by Crippen LogP contribution is -2.47. The molecule has 6 rings (SSSR count). The molecule has 2 aromatic carbocycles. The molecule has 2 aromatic heterocycles. The van der Waals surface area contributed by atoms with Crippen molar-refractivity contribution in [1.29, 1.82) is 0 Å². The van der Waals surface area contributed by atoms with Crippen LogP contribution in [0.25, 0.3) is 17.2 Å². The minimum Gasteiger partial charge on any atom is -0.495 e. The fourth-order valence-corrected chi connectivity index (χ4v) is 5.11. The molecule has 168 valence electrons. The fourth-order valence-electron chi connectivity index (χ4n) is 5.11. The number of aryl methyl sites for hydroxylation is 1. The molecule has 33 heavy (non-hydrogen) atoms. The highest BCUT2D eigenvalue weighted by atomic mass is 16.5. The minimum atomic E-state index is 0.705. The van der Waals surface area contributed by atoms with E-state index in [4.69, 9.17) is 19.8 Å². The lowest BCUT2D eigenvalue weighted by atomic mass is 9.96. The van der Waals surface area contributed by atoms with Gasteiger partial charge >= 0.3 is 0 Å². The molecule has 0 atom stereocenters. The summed E-state index contributed by atoms with van der Waals surface area (Å²) in [5, 5.41) is 4.94. The lowest BCUT2D eigenvalue weighted by molar-refractivity contribution is 0.413. The summed E-state index contributed by atoms with van der Waals surface area (Å²) in [6, 6.07) is 18.5. The highest BCUT2D eigenvalue weighted by Gasteiger charge is 2.28. The van der Waals surface area contributed by atoms with Gasteiger partial charge in [0, 0.05) is 37.3 Å². The first kappa shape index (κ1) is 20.0. The second kappa shape index (κ2) is 8.39. The molecule has 1 aliphatic heterocycles. The quantitative estimate of drug-likeness (QED) is 0.478. The van der Waals surface area contributed by atoms with Crippen molar-refractivity contribution in [2.24, 2.45) is 0 Å². The van der Waals surface area contributed by atoms with E-state index in [9.17, 15) is 0 Å². The van der Waals surface area contributed by atoms with Crippen LogP contribution >= 0.6 is 0 Å². The van der Waals surface area contributed by atoms with Crippen molar-refractivity contribution in [2.45, 2.75) is 25.7 Å². The van der Waals surface area contributed by atoms with Crippen molar-refractivity contribution >= 4 is 17.3 Å². The maximum Gasteiger partial charge on any atom is 0.254 e. The van der Waals surface area contributed by atoms with Gasteiger partial charge in [-0.1, -0.05) is 42.5 Å². The smallest absolute Gasteiger partial charge is 0.254 e. The van der Waals surface area contributed by atoms with Crippen molar-refractivity contribution in [2.75, 3.05) is 43.1 Å². The van der Waals surface area contributed by atoms with Gasteiger partial charge in [0.2, 0.25) is 0 Å². The molecule has 0 radical (unpaired) electrons. The highest BCUT2D eigenvalue weighted by Crippen LogP contribution is 2.33. The van der Waals surface area contributed by atoms with Gasteiger partial charge in [0.25, 0.3) is 5.78 Å². The topological polar surface area (TPSA) is 58.8 Å². The van der Waals surface area contributed by atoms with E-state index in [1.807, 2.05) is 34.8 Å². The Balaban J connectivity index is 1.37. The van der Waals surface area contributed by atoms with E-state index < -0.39 is 0 Å². The Bertz CT molecular complexity index is 1280. The molecule has 3 heterocycles. The summed E-state index contributed by atoms with van der Waals surface area (Å²) in [7, 11) is 1.74. The Labute approximate surface area is 193 Å². The van der Waals surface area contributed by atoms with Crippen molar-refractivity contribution in [1.82, 2.24) is 19.6 Å². The Morgan fingerprint density at radius 3 is 2.33 bits per heavy atom. The van der Waals surface area contributed by atoms with Crippen LogP contribution < -0.4 is 14.5 Å². The van der Waals surface area contributed by atoms with E-state index in [1.54, 1.807) is 7.11 Å². The Kier molecular flexibility index (Phi) is 5.09. The van der Waals surface area contributed by atoms with Gasteiger partial charge in [-0.15, -0.1) is 5.10 Å². The largest absolute Gasteiger partial charge is 0.495 e. The van der Waals surface area contributed by atoms with Crippen LogP contribution in [0.1, 0.15) is 24.1 Å². The van der Waals surface area contributed by atoms with E-state index in [2.05, 4.69) is 34.1 Å². The molecule has 2 aliphatic rings. The van der Waals surface area contributed by atoms with E-state index in [-0.39, 0.29) is 0 Å². The number of fused-ring (bicyclic) bond motifs is 2. The third-order valence-electron chi connectivity index (χ3n) is 6.77. The monoisotopic (exact) mass is 440 g/mol. The van der Waals surface area contributed by atoms with Crippen LogP contribution in [0.15, 0.2) is 54.6 Å². The number of nitrogens with zero attached hydrogens (tertiary/aromatic N) is 6. The van der Waals surface area contributed by atoms with Crippen molar-refractivity contribution < 1.29 is 4.74 Å². The Morgan fingerprint density at radius 2 is 1.52 bits per heavy atom. The third-order valence-corrected chi connectivity index (χ3v) is 6.77. The van der Waals surface area contributed by atoms with Crippen molar-refractivity contribution in [3.8, 4) is 17.1 Å². The van der Waals surface area contributed by atoms with Gasteiger partial charge < -0.3 is 14.5 Å². The number of hydrogen-bond donors (Lipinski definition) is 0. The van der Waals surface area contributed by atoms with E-state index in [1.165, 1.54) is 29.9 Å². The van der Waals surface area contributed by atoms with Gasteiger partial charge in [-0.05, 0) is 37.8 Å². The maximum absolute atomic E-state index is 5.60. The van der Waals surface area contributed by atoms with Crippen LogP contribution in [-0.2, 0) is 12.8 Å². The molecule has 0 saturated carbocycles. The zero-order valence-corrected chi connectivity index (χ0v) is 18.9. The molecule has 0 unspecified atom stereocenters. The average Bonchev–Trinajstić information content (AvgIpc) is 3.31. The molecule has 0 spiro atoms. The number of ether oxygens (including phenoxy) is 1.